The molecule has 9 heteroatoms. The van der Waals surface area contributed by atoms with Crippen LogP contribution in [0.4, 0.5) is 5.69 Å². The van der Waals surface area contributed by atoms with Gasteiger partial charge in [-0.25, -0.2) is 8.42 Å². The molecule has 1 amide bonds. The van der Waals surface area contributed by atoms with E-state index in [0.717, 1.165) is 4.47 Å². The first kappa shape index (κ1) is 21.8. The molecule has 0 aliphatic carbocycles. The van der Waals surface area contributed by atoms with Crippen molar-refractivity contribution < 1.29 is 17.9 Å². The Morgan fingerprint density at radius 3 is 2.55 bits per heavy atom. The summed E-state index contributed by atoms with van der Waals surface area (Å²) in [5.74, 6) is 0.432. The molecule has 7 nitrogen and oxygen atoms in total. The third-order valence-electron chi connectivity index (χ3n) is 4.61. The van der Waals surface area contributed by atoms with Crippen molar-refractivity contribution in [1.29, 1.82) is 0 Å². The van der Waals surface area contributed by atoms with Crippen LogP contribution in [0.15, 0.2) is 57.9 Å². The van der Waals surface area contributed by atoms with Gasteiger partial charge in [0.2, 0.25) is 15.9 Å². The van der Waals surface area contributed by atoms with Gasteiger partial charge in [-0.1, -0.05) is 28.1 Å². The normalized spacial score (nSPS) is 15.8. The third kappa shape index (κ3) is 6.02. The van der Waals surface area contributed by atoms with Gasteiger partial charge in [-0.3, -0.25) is 4.79 Å². The van der Waals surface area contributed by atoms with Crippen molar-refractivity contribution >= 4 is 37.5 Å². The fourth-order valence-electron chi connectivity index (χ4n) is 2.95. The Kier molecular flexibility index (Phi) is 7.28. The molecule has 0 bridgehead atoms. The predicted octanol–water partition coefficient (Wildman–Crippen LogP) is 2.79. The molecule has 1 fully saturated rings. The van der Waals surface area contributed by atoms with E-state index in [4.69, 9.17) is 4.74 Å². The minimum Gasteiger partial charge on any atom is -0.493 e. The van der Waals surface area contributed by atoms with Crippen LogP contribution < -0.4 is 10.1 Å². The van der Waals surface area contributed by atoms with Crippen molar-refractivity contribution in [1.82, 2.24) is 9.21 Å². The minimum atomic E-state index is -3.57. The smallest absolute Gasteiger partial charge is 0.243 e. The summed E-state index contributed by atoms with van der Waals surface area (Å²) in [6.45, 7) is 2.55. The Balaban J connectivity index is 1.57. The van der Waals surface area contributed by atoms with Gasteiger partial charge >= 0.3 is 0 Å². The maximum Gasteiger partial charge on any atom is 0.243 e. The molecule has 1 N–H and O–H groups in total. The second kappa shape index (κ2) is 9.71. The monoisotopic (exact) mass is 481 g/mol. The summed E-state index contributed by atoms with van der Waals surface area (Å²) in [6.07, 6.45) is 0.155. The number of nitrogens with zero attached hydrogens (tertiary/aromatic N) is 2. The highest BCUT2D eigenvalue weighted by Gasteiger charge is 2.27. The molecule has 1 saturated heterocycles. The molecule has 3 rings (SSSR count). The summed E-state index contributed by atoms with van der Waals surface area (Å²) >= 11 is 3.37. The Morgan fingerprint density at radius 1 is 1.10 bits per heavy atom. The number of carbonyl (C=O) groups excluding carboxylic acids is 1. The first-order chi connectivity index (χ1) is 13.8. The van der Waals surface area contributed by atoms with E-state index in [1.54, 1.807) is 18.2 Å². The Morgan fingerprint density at radius 2 is 1.83 bits per heavy atom. The van der Waals surface area contributed by atoms with Crippen LogP contribution in [0.1, 0.15) is 6.42 Å². The van der Waals surface area contributed by atoms with E-state index in [9.17, 15) is 13.2 Å². The van der Waals surface area contributed by atoms with Gasteiger partial charge in [-0.05, 0) is 43.4 Å². The highest BCUT2D eigenvalue weighted by Crippen LogP contribution is 2.21. The molecular formula is C20H24BrN3O4S. The second-order valence-electron chi connectivity index (χ2n) is 6.84. The molecule has 1 aliphatic heterocycles. The van der Waals surface area contributed by atoms with Crippen LogP contribution in [0.5, 0.6) is 5.75 Å². The average molecular weight is 482 g/mol. The maximum atomic E-state index is 12.9. The molecule has 0 saturated carbocycles. The molecule has 0 spiro atoms. The van der Waals surface area contributed by atoms with Crippen LogP contribution in [0.3, 0.4) is 0 Å². The second-order valence-corrected chi connectivity index (χ2v) is 9.69. The van der Waals surface area contributed by atoms with E-state index in [2.05, 4.69) is 26.1 Å². The first-order valence-corrected chi connectivity index (χ1v) is 11.5. The topological polar surface area (TPSA) is 79.0 Å². The number of benzene rings is 2. The van der Waals surface area contributed by atoms with Gasteiger partial charge in [0.1, 0.15) is 5.75 Å². The lowest BCUT2D eigenvalue weighted by atomic mass is 10.3. The molecule has 156 valence electrons. The zero-order valence-electron chi connectivity index (χ0n) is 16.2. The molecule has 1 heterocycles. The van der Waals surface area contributed by atoms with Crippen LogP contribution in [0, 0.1) is 0 Å². The highest BCUT2D eigenvalue weighted by atomic mass is 79.9. The van der Waals surface area contributed by atoms with E-state index < -0.39 is 10.0 Å². The summed E-state index contributed by atoms with van der Waals surface area (Å²) < 4.78 is 33.7. The van der Waals surface area contributed by atoms with Gasteiger partial charge in [0.05, 0.1) is 17.9 Å². The van der Waals surface area contributed by atoms with Gasteiger partial charge in [0.25, 0.3) is 0 Å². The quantitative estimate of drug-likeness (QED) is 0.657. The van der Waals surface area contributed by atoms with Crippen LogP contribution in [0.2, 0.25) is 0 Å². The summed E-state index contributed by atoms with van der Waals surface area (Å²) in [5, 5.41) is 2.74. The lowest BCUT2D eigenvalue weighted by Gasteiger charge is -2.31. The number of sulfonamides is 1. The lowest BCUT2D eigenvalue weighted by Crippen LogP contribution is -2.47. The maximum absolute atomic E-state index is 12.9. The van der Waals surface area contributed by atoms with E-state index >= 15 is 0 Å². The zero-order chi connectivity index (χ0) is 20.9. The fourth-order valence-corrected chi connectivity index (χ4v) is 4.80. The molecule has 2 aromatic rings. The summed E-state index contributed by atoms with van der Waals surface area (Å²) in [7, 11) is -1.60. The van der Waals surface area contributed by atoms with Gasteiger partial charge in [0.15, 0.2) is 0 Å². The van der Waals surface area contributed by atoms with E-state index in [-0.39, 0.29) is 23.8 Å². The molecular weight excluding hydrogens is 458 g/mol. The number of ether oxygens (including phenoxy) is 1. The standard InChI is InChI=1S/C20H24BrN3O4S/c1-23-9-11-24(12-10-23)29(26,27)19-7-3-5-17(15-19)22-20(25)8-13-28-18-6-2-4-16(21)14-18/h2-7,14-15H,8-13H2,1H3,(H,22,25). The van der Waals surface area contributed by atoms with Crippen LogP contribution in [-0.4, -0.2) is 63.4 Å². The SMILES string of the molecule is CN1CCN(S(=O)(=O)c2cccc(NC(=O)CCOc3cccc(Br)c3)c2)CC1. The number of carbonyl (C=O) groups is 1. The Bertz CT molecular complexity index is 960. The number of anilines is 1. The molecule has 0 atom stereocenters. The van der Waals surface area contributed by atoms with E-state index in [0.29, 0.717) is 37.6 Å². The Labute approximate surface area is 179 Å². The van der Waals surface area contributed by atoms with Crippen LogP contribution >= 0.6 is 15.9 Å². The molecule has 0 unspecified atom stereocenters. The molecule has 2 aromatic carbocycles. The number of hydrogen-bond donors (Lipinski definition) is 1. The molecule has 1 aliphatic rings. The van der Waals surface area contributed by atoms with Crippen molar-refractivity contribution in [2.75, 3.05) is 45.2 Å². The van der Waals surface area contributed by atoms with Crippen molar-refractivity contribution in [3.8, 4) is 5.75 Å². The van der Waals surface area contributed by atoms with E-state index in [1.807, 2.05) is 31.3 Å². The van der Waals surface area contributed by atoms with Gasteiger partial charge in [-0.15, -0.1) is 0 Å². The molecule has 0 aromatic heterocycles. The lowest BCUT2D eigenvalue weighted by molar-refractivity contribution is -0.116. The number of hydrogen-bond acceptors (Lipinski definition) is 5. The summed E-state index contributed by atoms with van der Waals surface area (Å²) in [6, 6.07) is 13.8. The molecule has 0 radical (unpaired) electrons. The molecule has 29 heavy (non-hydrogen) atoms. The number of halogens is 1. The summed E-state index contributed by atoms with van der Waals surface area (Å²) in [5.41, 5.74) is 0.452. The van der Waals surface area contributed by atoms with Crippen molar-refractivity contribution in [3.05, 3.63) is 53.0 Å². The van der Waals surface area contributed by atoms with E-state index in [1.165, 1.54) is 10.4 Å². The van der Waals surface area contributed by atoms with Gasteiger partial charge < -0.3 is 15.0 Å². The van der Waals surface area contributed by atoms with Crippen molar-refractivity contribution in [2.45, 2.75) is 11.3 Å². The zero-order valence-corrected chi connectivity index (χ0v) is 18.6. The first-order valence-electron chi connectivity index (χ1n) is 9.31. The Hall–Kier alpha value is -1.94. The largest absolute Gasteiger partial charge is 0.493 e. The summed E-state index contributed by atoms with van der Waals surface area (Å²) in [4.78, 5) is 14.5. The number of rotatable bonds is 7. The predicted molar refractivity (Wildman–Crippen MR) is 116 cm³/mol. The van der Waals surface area contributed by atoms with Crippen LogP contribution in [0.25, 0.3) is 0 Å². The van der Waals surface area contributed by atoms with Crippen molar-refractivity contribution in [3.63, 3.8) is 0 Å². The third-order valence-corrected chi connectivity index (χ3v) is 7.00. The number of amides is 1. The fraction of sp³-hybridized carbons (Fsp3) is 0.350. The number of likely N-dealkylation sites (N-methyl/N-ethyl adjacent to an activating group) is 1. The number of nitrogens with one attached hydrogen (secondary N) is 1. The van der Waals surface area contributed by atoms with Crippen molar-refractivity contribution in [2.24, 2.45) is 0 Å². The van der Waals surface area contributed by atoms with Gasteiger partial charge in [0, 0.05) is 36.3 Å². The minimum absolute atomic E-state index is 0.155. The average Bonchev–Trinajstić information content (AvgIpc) is 2.68. The van der Waals surface area contributed by atoms with Crippen LogP contribution in [-0.2, 0) is 14.8 Å². The number of piperazine rings is 1. The highest BCUT2D eigenvalue weighted by molar-refractivity contribution is 9.10. The van der Waals surface area contributed by atoms with Gasteiger partial charge in [-0.2, -0.15) is 4.31 Å².